The molecule has 0 aliphatic heterocycles. The summed E-state index contributed by atoms with van der Waals surface area (Å²) in [7, 11) is 0. The van der Waals surface area contributed by atoms with E-state index in [1.54, 1.807) is 66.7 Å². The van der Waals surface area contributed by atoms with E-state index < -0.39 is 30.1 Å². The van der Waals surface area contributed by atoms with Crippen LogP contribution in [0.15, 0.2) is 83.1 Å². The Bertz CT molecular complexity index is 1090. The van der Waals surface area contributed by atoms with Gasteiger partial charge in [0, 0.05) is 17.3 Å². The molecule has 14 heteroatoms. The third-order valence-corrected chi connectivity index (χ3v) is 8.64. The molecule has 2 amide bonds. The lowest BCUT2D eigenvalue weighted by Crippen LogP contribution is -2.41. The minimum atomic E-state index is -1.88. The molecule has 0 fully saturated rings. The van der Waals surface area contributed by atoms with Crippen LogP contribution in [-0.2, 0) is 0 Å². The number of nitrogens with zero attached hydrogens (tertiary/aromatic N) is 2. The molecule has 36 heavy (non-hydrogen) atoms. The molecule has 2 atom stereocenters. The van der Waals surface area contributed by atoms with E-state index in [4.69, 9.17) is 69.6 Å². The zero-order valence-corrected chi connectivity index (χ0v) is 24.0. The number of amides is 2. The van der Waals surface area contributed by atoms with Gasteiger partial charge >= 0.3 is 0 Å². The average Bonchev–Trinajstić information content (AvgIpc) is 2.83. The van der Waals surface area contributed by atoms with E-state index in [1.807, 2.05) is 0 Å². The summed E-state index contributed by atoms with van der Waals surface area (Å²) < 4.78 is -3.75. The minimum Gasteiger partial charge on any atom is -0.336 e. The summed E-state index contributed by atoms with van der Waals surface area (Å²) in [5.74, 6) is -0.868. The second-order valence-corrected chi connectivity index (χ2v) is 13.9. The van der Waals surface area contributed by atoms with E-state index in [9.17, 15) is 9.59 Å². The van der Waals surface area contributed by atoms with Gasteiger partial charge in [-0.25, -0.2) is 9.97 Å². The molecule has 190 valence electrons. The van der Waals surface area contributed by atoms with E-state index in [2.05, 4.69) is 20.6 Å². The topological polar surface area (TPSA) is 84.0 Å². The summed E-state index contributed by atoms with van der Waals surface area (Å²) in [6.45, 7) is 0. The van der Waals surface area contributed by atoms with Crippen LogP contribution in [-0.4, -0.2) is 40.1 Å². The van der Waals surface area contributed by atoms with Crippen molar-refractivity contribution in [3.63, 3.8) is 0 Å². The zero-order chi connectivity index (χ0) is 26.3. The van der Waals surface area contributed by atoms with Gasteiger partial charge < -0.3 is 10.6 Å². The van der Waals surface area contributed by atoms with Crippen molar-refractivity contribution in [2.75, 3.05) is 0 Å². The van der Waals surface area contributed by atoms with Crippen molar-refractivity contribution in [3.05, 3.63) is 84.1 Å². The monoisotopic (exact) mass is 642 g/mol. The highest BCUT2D eigenvalue weighted by Gasteiger charge is 2.37. The average molecular weight is 645 g/mol. The van der Waals surface area contributed by atoms with Gasteiger partial charge in [-0.05, 0) is 30.3 Å². The number of rotatable bonds is 8. The summed E-state index contributed by atoms with van der Waals surface area (Å²) in [6, 6.07) is 18.5. The fourth-order valence-electron chi connectivity index (χ4n) is 2.61. The van der Waals surface area contributed by atoms with Crippen LogP contribution < -0.4 is 10.6 Å². The van der Waals surface area contributed by atoms with Gasteiger partial charge in [-0.3, -0.25) is 9.59 Å². The quantitative estimate of drug-likeness (QED) is 0.0911. The van der Waals surface area contributed by atoms with E-state index in [1.165, 1.54) is 6.20 Å². The van der Waals surface area contributed by atoms with Crippen LogP contribution in [0.2, 0.25) is 0 Å². The number of nitrogens with one attached hydrogen (secondary N) is 2. The van der Waals surface area contributed by atoms with Gasteiger partial charge in [0.1, 0.15) is 15.8 Å². The molecule has 6 nitrogen and oxygen atoms in total. The minimum absolute atomic E-state index is 0.183. The standard InChI is InChI=1S/C22H16Cl6N4O2S2/c23-21(24,25)18(31-16(33)13-7-3-1-4-8-13)35-15-11-12-29-20(30-15)36-19(22(26,27)28)32-17(34)14-9-5-2-6-10-14/h1-12,18-19H,(H,31,33)(H,32,34)/t18-,19-/m1/s1. The number of carbonyl (C=O) groups excluding carboxylic acids is 2. The molecule has 1 heterocycles. The van der Waals surface area contributed by atoms with Gasteiger partial charge in [0.25, 0.3) is 11.8 Å². The first-order valence-corrected chi connectivity index (χ1v) is 14.0. The Morgan fingerprint density at radius 1 is 0.694 bits per heavy atom. The molecule has 1 aromatic heterocycles. The van der Waals surface area contributed by atoms with Crippen LogP contribution in [0.25, 0.3) is 0 Å². The first-order valence-electron chi connectivity index (χ1n) is 9.95. The van der Waals surface area contributed by atoms with Crippen LogP contribution in [0.3, 0.4) is 0 Å². The first kappa shape index (κ1) is 29.5. The molecule has 0 aliphatic rings. The number of alkyl halides is 6. The Labute approximate surface area is 246 Å². The van der Waals surface area contributed by atoms with E-state index >= 15 is 0 Å². The van der Waals surface area contributed by atoms with Gasteiger partial charge in [-0.15, -0.1) is 0 Å². The van der Waals surface area contributed by atoms with Crippen LogP contribution in [0.4, 0.5) is 0 Å². The molecule has 0 spiro atoms. The van der Waals surface area contributed by atoms with Gasteiger partial charge in [-0.1, -0.05) is 130 Å². The van der Waals surface area contributed by atoms with E-state index in [0.29, 0.717) is 16.2 Å². The van der Waals surface area contributed by atoms with Gasteiger partial charge in [-0.2, -0.15) is 0 Å². The molecule has 0 bridgehead atoms. The Balaban J connectivity index is 1.75. The van der Waals surface area contributed by atoms with Crippen LogP contribution in [0, 0.1) is 0 Å². The number of aromatic nitrogens is 2. The van der Waals surface area contributed by atoms with E-state index in [0.717, 1.165) is 23.5 Å². The molecule has 2 aromatic carbocycles. The largest absolute Gasteiger partial charge is 0.336 e. The number of halogens is 6. The lowest BCUT2D eigenvalue weighted by molar-refractivity contribution is 0.0942. The normalized spacial score (nSPS) is 13.5. The molecule has 0 aliphatic carbocycles. The van der Waals surface area contributed by atoms with Crippen LogP contribution in [0.5, 0.6) is 0 Å². The molecule has 0 radical (unpaired) electrons. The second kappa shape index (κ2) is 13.1. The summed E-state index contributed by atoms with van der Waals surface area (Å²) in [5.41, 5.74) is 0.790. The predicted octanol–water partition coefficient (Wildman–Crippen LogP) is 6.91. The third kappa shape index (κ3) is 9.03. The van der Waals surface area contributed by atoms with Crippen molar-refractivity contribution in [3.8, 4) is 0 Å². The highest BCUT2D eigenvalue weighted by Crippen LogP contribution is 2.41. The summed E-state index contributed by atoms with van der Waals surface area (Å²) in [5, 5.41) is 3.89. The van der Waals surface area contributed by atoms with Crippen LogP contribution >= 0.6 is 93.1 Å². The lowest BCUT2D eigenvalue weighted by atomic mass is 10.2. The smallest absolute Gasteiger partial charge is 0.252 e. The molecule has 0 saturated heterocycles. The first-order chi connectivity index (χ1) is 16.9. The van der Waals surface area contributed by atoms with Gasteiger partial charge in [0.15, 0.2) is 5.16 Å². The zero-order valence-electron chi connectivity index (χ0n) is 17.9. The van der Waals surface area contributed by atoms with Gasteiger partial charge in [0.2, 0.25) is 7.59 Å². The summed E-state index contributed by atoms with van der Waals surface area (Å²) in [6.07, 6.45) is 1.46. The lowest BCUT2D eigenvalue weighted by Gasteiger charge is -2.25. The van der Waals surface area contributed by atoms with Crippen molar-refractivity contribution in [1.82, 2.24) is 20.6 Å². The van der Waals surface area contributed by atoms with Gasteiger partial charge in [0.05, 0.1) is 0 Å². The van der Waals surface area contributed by atoms with Crippen LogP contribution in [0.1, 0.15) is 20.7 Å². The fraction of sp³-hybridized carbons (Fsp3) is 0.182. The summed E-state index contributed by atoms with van der Waals surface area (Å²) >= 11 is 38.7. The number of hydrogen-bond acceptors (Lipinski definition) is 6. The maximum absolute atomic E-state index is 12.6. The molecular weight excluding hydrogens is 629 g/mol. The van der Waals surface area contributed by atoms with Crippen molar-refractivity contribution in [2.45, 2.75) is 28.5 Å². The predicted molar refractivity (Wildman–Crippen MR) is 150 cm³/mol. The molecule has 0 unspecified atom stereocenters. The molecule has 2 N–H and O–H groups in total. The molecule has 0 saturated carbocycles. The third-order valence-electron chi connectivity index (χ3n) is 4.26. The highest BCUT2D eigenvalue weighted by atomic mass is 35.6. The fourth-order valence-corrected chi connectivity index (χ4v) is 5.40. The van der Waals surface area contributed by atoms with E-state index in [-0.39, 0.29) is 5.16 Å². The SMILES string of the molecule is O=C(N[C@H](Sc1ccnc(S[C@@H](NC(=O)c2ccccc2)C(Cl)(Cl)Cl)n1)C(Cl)(Cl)Cl)c1ccccc1. The Hall–Kier alpha value is -1.10. The number of benzene rings is 2. The maximum Gasteiger partial charge on any atom is 0.252 e. The molecular formula is C22H16Cl6N4O2S2. The van der Waals surface area contributed by atoms with Crippen molar-refractivity contribution in [1.29, 1.82) is 0 Å². The molecule has 3 rings (SSSR count). The maximum atomic E-state index is 12.6. The number of thioether (sulfide) groups is 2. The number of carbonyl (C=O) groups is 2. The Morgan fingerprint density at radius 2 is 1.14 bits per heavy atom. The highest BCUT2D eigenvalue weighted by molar-refractivity contribution is 8.00. The van der Waals surface area contributed by atoms with Crippen molar-refractivity contribution >= 4 is 105 Å². The second-order valence-electron chi connectivity index (χ2n) is 6.94. The Morgan fingerprint density at radius 3 is 1.58 bits per heavy atom. The molecule has 3 aromatic rings. The Kier molecular flexibility index (Phi) is 10.7. The van der Waals surface area contributed by atoms with Crippen molar-refractivity contribution in [2.24, 2.45) is 0 Å². The summed E-state index contributed by atoms with van der Waals surface area (Å²) in [4.78, 5) is 33.8. The number of hydrogen-bond donors (Lipinski definition) is 2. The van der Waals surface area contributed by atoms with Crippen molar-refractivity contribution < 1.29 is 9.59 Å².